The molecule has 1 N–H and O–H groups in total. The minimum absolute atomic E-state index is 0.0329. The quantitative estimate of drug-likeness (QED) is 0.701. The van der Waals surface area contributed by atoms with Gasteiger partial charge in [0.05, 0.1) is 27.7 Å². The van der Waals surface area contributed by atoms with E-state index in [4.69, 9.17) is 27.9 Å². The monoisotopic (exact) mass is 364 g/mol. The summed E-state index contributed by atoms with van der Waals surface area (Å²) in [5.41, 5.74) is 2.86. The summed E-state index contributed by atoms with van der Waals surface area (Å²) in [5, 5.41) is 9.89. The minimum atomic E-state index is 0.0329. The molecule has 0 saturated carbocycles. The smallest absolute Gasteiger partial charge is 0.159 e. The van der Waals surface area contributed by atoms with E-state index in [0.717, 1.165) is 28.7 Å². The zero-order valence-electron chi connectivity index (χ0n) is 13.5. The van der Waals surface area contributed by atoms with Gasteiger partial charge in [0, 0.05) is 32.6 Å². The summed E-state index contributed by atoms with van der Waals surface area (Å²) in [6.45, 7) is 0.624. The van der Waals surface area contributed by atoms with E-state index in [-0.39, 0.29) is 6.04 Å². The standard InChI is InChI=1S/C17H18Cl2N4O/c1-23-17-12(10-21-23)16(5-7-20-17)22-15(6-8-24-2)11-3-4-13(18)14(19)9-11/h3-5,7,9-10,15H,6,8H2,1-2H3,(H,20,22). The highest BCUT2D eigenvalue weighted by Crippen LogP contribution is 2.31. The molecule has 1 unspecified atom stereocenters. The number of methoxy groups -OCH3 is 1. The Balaban J connectivity index is 1.95. The number of ether oxygens (including phenoxy) is 1. The molecule has 0 fully saturated rings. The summed E-state index contributed by atoms with van der Waals surface area (Å²) in [4.78, 5) is 4.37. The van der Waals surface area contributed by atoms with Gasteiger partial charge in [-0.15, -0.1) is 0 Å². The summed E-state index contributed by atoms with van der Waals surface area (Å²) in [5.74, 6) is 0. The van der Waals surface area contributed by atoms with E-state index in [1.807, 2.05) is 37.5 Å². The molecule has 0 spiro atoms. The molecule has 1 aromatic carbocycles. The van der Waals surface area contributed by atoms with Crippen LogP contribution >= 0.6 is 23.2 Å². The lowest BCUT2D eigenvalue weighted by molar-refractivity contribution is 0.190. The lowest BCUT2D eigenvalue weighted by atomic mass is 10.0. The van der Waals surface area contributed by atoms with Crippen LogP contribution < -0.4 is 5.32 Å². The van der Waals surface area contributed by atoms with Crippen LogP contribution in [0.5, 0.6) is 0 Å². The fourth-order valence-electron chi connectivity index (χ4n) is 2.65. The number of hydrogen-bond acceptors (Lipinski definition) is 4. The van der Waals surface area contributed by atoms with Gasteiger partial charge in [-0.25, -0.2) is 4.98 Å². The Morgan fingerprint density at radius 3 is 2.83 bits per heavy atom. The van der Waals surface area contributed by atoms with Crippen molar-refractivity contribution in [3.05, 3.63) is 52.3 Å². The summed E-state index contributed by atoms with van der Waals surface area (Å²) in [7, 11) is 3.57. The van der Waals surface area contributed by atoms with E-state index in [0.29, 0.717) is 16.7 Å². The van der Waals surface area contributed by atoms with Crippen LogP contribution in [0.4, 0.5) is 5.69 Å². The molecule has 24 heavy (non-hydrogen) atoms. The number of aryl methyl sites for hydroxylation is 1. The molecular weight excluding hydrogens is 347 g/mol. The molecule has 0 aliphatic heterocycles. The predicted octanol–water partition coefficient (Wildman–Crippen LogP) is 4.46. The lowest BCUT2D eigenvalue weighted by Gasteiger charge is -2.21. The van der Waals surface area contributed by atoms with Gasteiger partial charge in [0.15, 0.2) is 5.65 Å². The number of hydrogen-bond donors (Lipinski definition) is 1. The van der Waals surface area contributed by atoms with Gasteiger partial charge in [0.2, 0.25) is 0 Å². The molecule has 2 aromatic heterocycles. The molecular formula is C17H18Cl2N4O. The molecule has 126 valence electrons. The topological polar surface area (TPSA) is 52.0 Å². The Bertz CT molecular complexity index is 850. The maximum atomic E-state index is 6.18. The van der Waals surface area contributed by atoms with E-state index in [1.165, 1.54) is 0 Å². The van der Waals surface area contributed by atoms with Crippen molar-refractivity contribution in [2.24, 2.45) is 7.05 Å². The van der Waals surface area contributed by atoms with E-state index in [1.54, 1.807) is 18.0 Å². The van der Waals surface area contributed by atoms with Crippen molar-refractivity contribution in [2.45, 2.75) is 12.5 Å². The van der Waals surface area contributed by atoms with E-state index in [2.05, 4.69) is 15.4 Å². The third kappa shape index (κ3) is 3.48. The minimum Gasteiger partial charge on any atom is -0.385 e. The Labute approximate surface area is 150 Å². The lowest BCUT2D eigenvalue weighted by Crippen LogP contribution is -2.13. The zero-order chi connectivity index (χ0) is 17.1. The van der Waals surface area contributed by atoms with Gasteiger partial charge in [-0.3, -0.25) is 4.68 Å². The van der Waals surface area contributed by atoms with Crippen molar-refractivity contribution >= 4 is 39.9 Å². The van der Waals surface area contributed by atoms with Crippen molar-refractivity contribution in [1.29, 1.82) is 0 Å². The van der Waals surface area contributed by atoms with Crippen LogP contribution in [0.2, 0.25) is 10.0 Å². The molecule has 0 radical (unpaired) electrons. The van der Waals surface area contributed by atoms with E-state index >= 15 is 0 Å². The fourth-order valence-corrected chi connectivity index (χ4v) is 2.95. The second kappa shape index (κ2) is 7.38. The van der Waals surface area contributed by atoms with E-state index in [9.17, 15) is 0 Å². The third-order valence-electron chi connectivity index (χ3n) is 3.92. The average molecular weight is 365 g/mol. The first kappa shape index (κ1) is 17.0. The first-order valence-electron chi connectivity index (χ1n) is 7.57. The van der Waals surface area contributed by atoms with Gasteiger partial charge < -0.3 is 10.1 Å². The molecule has 0 amide bonds. The van der Waals surface area contributed by atoms with Gasteiger partial charge >= 0.3 is 0 Å². The fraction of sp³-hybridized carbons (Fsp3) is 0.294. The summed E-state index contributed by atoms with van der Waals surface area (Å²) < 4.78 is 7.00. The van der Waals surface area contributed by atoms with Crippen LogP contribution in [-0.2, 0) is 11.8 Å². The molecule has 3 rings (SSSR count). The summed E-state index contributed by atoms with van der Waals surface area (Å²) in [6.07, 6.45) is 4.37. The molecule has 2 heterocycles. The van der Waals surface area contributed by atoms with Crippen molar-refractivity contribution in [3.8, 4) is 0 Å². The highest BCUT2D eigenvalue weighted by atomic mass is 35.5. The van der Waals surface area contributed by atoms with Gasteiger partial charge in [-0.05, 0) is 30.2 Å². The number of rotatable bonds is 6. The maximum Gasteiger partial charge on any atom is 0.159 e. The second-order valence-corrected chi connectivity index (χ2v) is 6.33. The highest BCUT2D eigenvalue weighted by Gasteiger charge is 2.15. The Hall–Kier alpha value is -1.82. The van der Waals surface area contributed by atoms with Crippen molar-refractivity contribution in [1.82, 2.24) is 14.8 Å². The van der Waals surface area contributed by atoms with Crippen molar-refractivity contribution < 1.29 is 4.74 Å². The first-order valence-corrected chi connectivity index (χ1v) is 8.33. The Morgan fingerprint density at radius 2 is 2.08 bits per heavy atom. The predicted molar refractivity (Wildman–Crippen MR) is 97.8 cm³/mol. The first-order chi connectivity index (χ1) is 11.6. The maximum absolute atomic E-state index is 6.18. The number of halogens is 2. The van der Waals surface area contributed by atoms with E-state index < -0.39 is 0 Å². The number of nitrogens with zero attached hydrogens (tertiary/aromatic N) is 3. The number of fused-ring (bicyclic) bond motifs is 1. The highest BCUT2D eigenvalue weighted by molar-refractivity contribution is 6.42. The van der Waals surface area contributed by atoms with Crippen LogP contribution in [0, 0.1) is 0 Å². The molecule has 0 bridgehead atoms. The molecule has 0 aliphatic rings. The van der Waals surface area contributed by atoms with Crippen LogP contribution in [0.1, 0.15) is 18.0 Å². The molecule has 5 nitrogen and oxygen atoms in total. The zero-order valence-corrected chi connectivity index (χ0v) is 15.0. The van der Waals surface area contributed by atoms with Gasteiger partial charge in [0.25, 0.3) is 0 Å². The van der Waals surface area contributed by atoms with Gasteiger partial charge in [-0.2, -0.15) is 5.10 Å². The Kier molecular flexibility index (Phi) is 5.23. The van der Waals surface area contributed by atoms with Gasteiger partial charge in [0.1, 0.15) is 0 Å². The molecule has 1 atom stereocenters. The molecule has 7 heteroatoms. The number of pyridine rings is 1. The van der Waals surface area contributed by atoms with Crippen LogP contribution in [0.25, 0.3) is 11.0 Å². The van der Waals surface area contributed by atoms with Crippen LogP contribution in [0.3, 0.4) is 0 Å². The normalized spacial score (nSPS) is 12.5. The third-order valence-corrected chi connectivity index (χ3v) is 4.66. The number of nitrogens with one attached hydrogen (secondary N) is 1. The SMILES string of the molecule is COCCC(Nc1ccnc2c1cnn2C)c1ccc(Cl)c(Cl)c1. The van der Waals surface area contributed by atoms with Crippen LogP contribution in [0.15, 0.2) is 36.7 Å². The van der Waals surface area contributed by atoms with Crippen molar-refractivity contribution in [3.63, 3.8) is 0 Å². The van der Waals surface area contributed by atoms with Gasteiger partial charge in [-0.1, -0.05) is 29.3 Å². The largest absolute Gasteiger partial charge is 0.385 e. The summed E-state index contributed by atoms with van der Waals surface area (Å²) in [6, 6.07) is 7.65. The molecule has 0 saturated heterocycles. The number of benzene rings is 1. The number of anilines is 1. The Morgan fingerprint density at radius 1 is 1.25 bits per heavy atom. The second-order valence-electron chi connectivity index (χ2n) is 5.52. The average Bonchev–Trinajstić information content (AvgIpc) is 2.96. The van der Waals surface area contributed by atoms with Crippen LogP contribution in [-0.4, -0.2) is 28.5 Å². The summed E-state index contributed by atoms with van der Waals surface area (Å²) >= 11 is 12.2. The number of aromatic nitrogens is 3. The molecule has 0 aliphatic carbocycles. The molecule has 3 aromatic rings. The van der Waals surface area contributed by atoms with Crippen molar-refractivity contribution in [2.75, 3.05) is 19.0 Å².